The Morgan fingerprint density at radius 1 is 1.36 bits per heavy atom. The van der Waals surface area contributed by atoms with Crippen molar-refractivity contribution in [2.75, 3.05) is 31.2 Å². The molecule has 3 heterocycles. The van der Waals surface area contributed by atoms with E-state index < -0.39 is 35.0 Å². The lowest BCUT2D eigenvalue weighted by molar-refractivity contribution is -0.160. The summed E-state index contributed by atoms with van der Waals surface area (Å²) in [5.41, 5.74) is -0.647. The summed E-state index contributed by atoms with van der Waals surface area (Å²) in [7, 11) is 0. The van der Waals surface area contributed by atoms with Crippen LogP contribution in [0.15, 0.2) is 30.9 Å². The fourth-order valence-electron chi connectivity index (χ4n) is 6.60. The van der Waals surface area contributed by atoms with E-state index in [0.717, 1.165) is 5.56 Å². The number of fused-ring (bicyclic) bond motifs is 1. The largest absolute Gasteiger partial charge is 0.466 e. The summed E-state index contributed by atoms with van der Waals surface area (Å²) in [5, 5.41) is 9.95. The third-order valence-corrected chi connectivity index (χ3v) is 8.35. The zero-order valence-corrected chi connectivity index (χ0v) is 21.9. The van der Waals surface area contributed by atoms with Gasteiger partial charge in [0, 0.05) is 19.7 Å². The van der Waals surface area contributed by atoms with E-state index in [0.29, 0.717) is 36.4 Å². The first-order valence-corrected chi connectivity index (χ1v) is 13.1. The van der Waals surface area contributed by atoms with Gasteiger partial charge in [-0.2, -0.15) is 0 Å². The highest BCUT2D eigenvalue weighted by molar-refractivity contribution is 6.34. The number of aryl methyl sites for hydroxylation is 1. The highest BCUT2D eigenvalue weighted by Gasteiger charge is 2.79. The second-order valence-electron chi connectivity index (χ2n) is 9.84. The van der Waals surface area contributed by atoms with E-state index in [2.05, 4.69) is 6.58 Å². The third kappa shape index (κ3) is 3.85. The fourth-order valence-corrected chi connectivity index (χ4v) is 6.93. The van der Waals surface area contributed by atoms with Crippen LogP contribution in [0.4, 0.5) is 5.69 Å². The monoisotopic (exact) mass is 518 g/mol. The molecule has 1 spiro atoms. The molecule has 0 aliphatic carbocycles. The van der Waals surface area contributed by atoms with Crippen LogP contribution in [0, 0.1) is 18.8 Å². The lowest BCUT2D eigenvalue weighted by Crippen LogP contribution is -2.56. The van der Waals surface area contributed by atoms with Gasteiger partial charge in [-0.25, -0.2) is 0 Å². The number of benzene rings is 1. The van der Waals surface area contributed by atoms with Gasteiger partial charge in [-0.15, -0.1) is 6.58 Å². The van der Waals surface area contributed by atoms with Gasteiger partial charge in [-0.05, 0) is 51.2 Å². The van der Waals surface area contributed by atoms with Crippen molar-refractivity contribution < 1.29 is 29.0 Å². The molecule has 8 nitrogen and oxygen atoms in total. The molecule has 0 aromatic heterocycles. The summed E-state index contributed by atoms with van der Waals surface area (Å²) in [4.78, 5) is 44.7. The number of hydrogen-bond donors (Lipinski definition) is 1. The van der Waals surface area contributed by atoms with Crippen LogP contribution in [0.1, 0.15) is 45.1 Å². The molecule has 3 aliphatic rings. The van der Waals surface area contributed by atoms with E-state index in [9.17, 15) is 19.5 Å². The van der Waals surface area contributed by atoms with E-state index in [1.165, 1.54) is 4.90 Å². The summed E-state index contributed by atoms with van der Waals surface area (Å²) in [6.45, 7) is 9.78. The first-order valence-electron chi connectivity index (χ1n) is 12.7. The summed E-state index contributed by atoms with van der Waals surface area (Å²) in [5.74, 6) is -2.70. The Morgan fingerprint density at radius 3 is 2.72 bits per heavy atom. The minimum absolute atomic E-state index is 0.136. The Bertz CT molecular complexity index is 1040. The van der Waals surface area contributed by atoms with Crippen molar-refractivity contribution >= 4 is 35.1 Å². The Kier molecular flexibility index (Phi) is 7.51. The highest BCUT2D eigenvalue weighted by Crippen LogP contribution is 2.64. The molecule has 1 N–H and O–H groups in total. The average molecular weight is 519 g/mol. The maximum atomic E-state index is 14.4. The van der Waals surface area contributed by atoms with Crippen molar-refractivity contribution in [3.05, 3.63) is 41.4 Å². The van der Waals surface area contributed by atoms with Crippen molar-refractivity contribution in [1.29, 1.82) is 0 Å². The SMILES string of the molecule is C=CCN(C(=O)C1N(CCCO)C(=O)[C@@H]2[C@H](C(=O)OCC)[C@]3(CC)CCC12O3)c1c(C)cccc1Cl. The molecule has 2 bridgehead atoms. The number of likely N-dealkylation sites (tertiary alicyclic amines) is 1. The van der Waals surface area contributed by atoms with Gasteiger partial charge in [0.1, 0.15) is 17.6 Å². The molecule has 0 radical (unpaired) electrons. The smallest absolute Gasteiger partial charge is 0.312 e. The minimum atomic E-state index is -1.16. The van der Waals surface area contributed by atoms with Gasteiger partial charge >= 0.3 is 5.97 Å². The number of ether oxygens (including phenoxy) is 2. The van der Waals surface area contributed by atoms with Gasteiger partial charge in [0.15, 0.2) is 0 Å². The number of halogens is 1. The quantitative estimate of drug-likeness (QED) is 0.377. The van der Waals surface area contributed by atoms with Crippen molar-refractivity contribution in [2.45, 2.75) is 63.7 Å². The number of esters is 1. The summed E-state index contributed by atoms with van der Waals surface area (Å²) in [6, 6.07) is 4.44. The van der Waals surface area contributed by atoms with Gasteiger partial charge in [-0.1, -0.05) is 36.7 Å². The number of aliphatic hydroxyl groups excluding tert-OH is 1. The van der Waals surface area contributed by atoms with Crippen LogP contribution < -0.4 is 4.90 Å². The lowest BCUT2D eigenvalue weighted by atomic mass is 9.65. The first kappa shape index (κ1) is 26.6. The van der Waals surface area contributed by atoms with Crippen molar-refractivity contribution in [2.24, 2.45) is 11.8 Å². The van der Waals surface area contributed by atoms with E-state index in [1.54, 1.807) is 24.0 Å². The van der Waals surface area contributed by atoms with E-state index in [4.69, 9.17) is 21.1 Å². The zero-order chi connectivity index (χ0) is 26.3. The molecule has 5 atom stereocenters. The minimum Gasteiger partial charge on any atom is -0.466 e. The van der Waals surface area contributed by atoms with Gasteiger partial charge < -0.3 is 24.4 Å². The van der Waals surface area contributed by atoms with Gasteiger partial charge in [0.2, 0.25) is 5.91 Å². The van der Waals surface area contributed by atoms with Crippen LogP contribution in [-0.4, -0.2) is 71.3 Å². The molecule has 1 aromatic carbocycles. The zero-order valence-electron chi connectivity index (χ0n) is 21.2. The van der Waals surface area contributed by atoms with Gasteiger partial charge in [-0.3, -0.25) is 14.4 Å². The van der Waals surface area contributed by atoms with Gasteiger partial charge in [0.05, 0.1) is 28.8 Å². The fraction of sp³-hybridized carbons (Fsp3) is 0.593. The standard InChI is InChI=1S/C27H35ClN2O6/c1-5-14-29(21-17(4)10-8-11-18(21)28)24(33)22-27-13-12-26(6-2,36-27)20(25(34)35-7-3)19(27)23(32)30(22)15-9-16-31/h5,8,10-11,19-20,22,31H,1,6-7,9,12-16H2,2-4H3/t19-,20+,22?,26-,27?/m0/s1. The predicted molar refractivity (Wildman–Crippen MR) is 136 cm³/mol. The number of carbonyl (C=O) groups excluding carboxylic acids is 3. The summed E-state index contributed by atoms with van der Waals surface area (Å²) >= 11 is 6.56. The molecule has 3 saturated heterocycles. The van der Waals surface area contributed by atoms with Crippen LogP contribution >= 0.6 is 11.6 Å². The van der Waals surface area contributed by atoms with Crippen LogP contribution in [0.2, 0.25) is 5.02 Å². The van der Waals surface area contributed by atoms with E-state index in [-0.39, 0.29) is 38.1 Å². The second-order valence-corrected chi connectivity index (χ2v) is 10.2. The average Bonchev–Trinajstić information content (AvgIpc) is 3.45. The molecule has 1 aromatic rings. The molecular weight excluding hydrogens is 484 g/mol. The maximum Gasteiger partial charge on any atom is 0.312 e. The maximum absolute atomic E-state index is 14.4. The summed E-state index contributed by atoms with van der Waals surface area (Å²) in [6.07, 6.45) is 3.48. The Hall–Kier alpha value is -2.42. The highest BCUT2D eigenvalue weighted by atomic mass is 35.5. The molecular formula is C27H35ClN2O6. The number of amides is 2. The number of carbonyl (C=O) groups is 3. The predicted octanol–water partition coefficient (Wildman–Crippen LogP) is 3.27. The van der Waals surface area contributed by atoms with Crippen molar-refractivity contribution in [1.82, 2.24) is 4.90 Å². The molecule has 196 valence electrons. The number of para-hydroxylation sites is 1. The van der Waals surface area contributed by atoms with Crippen LogP contribution in [-0.2, 0) is 23.9 Å². The number of aliphatic hydroxyl groups is 1. The van der Waals surface area contributed by atoms with Crippen molar-refractivity contribution in [3.63, 3.8) is 0 Å². The molecule has 9 heteroatoms. The molecule has 2 amide bonds. The van der Waals surface area contributed by atoms with Crippen LogP contribution in [0.25, 0.3) is 0 Å². The molecule has 3 aliphatic heterocycles. The molecule has 2 unspecified atom stereocenters. The Balaban J connectivity index is 1.84. The number of hydrogen-bond acceptors (Lipinski definition) is 6. The van der Waals surface area contributed by atoms with Crippen LogP contribution in [0.3, 0.4) is 0 Å². The van der Waals surface area contributed by atoms with E-state index >= 15 is 0 Å². The van der Waals surface area contributed by atoms with Crippen molar-refractivity contribution in [3.8, 4) is 0 Å². The first-order chi connectivity index (χ1) is 17.2. The Labute approximate surface area is 217 Å². The molecule has 4 rings (SSSR count). The molecule has 0 saturated carbocycles. The molecule has 3 fully saturated rings. The van der Waals surface area contributed by atoms with Crippen LogP contribution in [0.5, 0.6) is 0 Å². The summed E-state index contributed by atoms with van der Waals surface area (Å²) < 4.78 is 12.1. The number of rotatable bonds is 10. The second kappa shape index (κ2) is 10.1. The number of nitrogens with zero attached hydrogens (tertiary/aromatic N) is 2. The normalized spacial score (nSPS) is 30.4. The Morgan fingerprint density at radius 2 is 2.11 bits per heavy atom. The topological polar surface area (TPSA) is 96.4 Å². The third-order valence-electron chi connectivity index (χ3n) is 8.05. The molecule has 36 heavy (non-hydrogen) atoms. The van der Waals surface area contributed by atoms with Gasteiger partial charge in [0.25, 0.3) is 5.91 Å². The number of anilines is 1. The lowest BCUT2D eigenvalue weighted by Gasteiger charge is -2.37. The van der Waals surface area contributed by atoms with E-state index in [1.807, 2.05) is 26.0 Å².